The van der Waals surface area contributed by atoms with E-state index in [0.29, 0.717) is 10.9 Å². The molecule has 1 aromatic carbocycles. The average Bonchev–Trinajstić information content (AvgIpc) is 2.44. The van der Waals surface area contributed by atoms with E-state index in [1.807, 2.05) is 6.92 Å². The predicted octanol–water partition coefficient (Wildman–Crippen LogP) is 3.22. The molecule has 0 saturated carbocycles. The highest BCUT2D eigenvalue weighted by molar-refractivity contribution is 9.10. The van der Waals surface area contributed by atoms with Crippen LogP contribution in [0.15, 0.2) is 28.7 Å². The molecular weight excluding hydrogens is 341 g/mol. The van der Waals surface area contributed by atoms with Gasteiger partial charge in [0.1, 0.15) is 11.9 Å². The van der Waals surface area contributed by atoms with Crippen molar-refractivity contribution in [2.45, 2.75) is 26.3 Å². The number of halogens is 2. The van der Waals surface area contributed by atoms with Crippen LogP contribution in [0.5, 0.6) is 0 Å². The summed E-state index contributed by atoms with van der Waals surface area (Å²) in [6.07, 6.45) is 3.06. The fourth-order valence-electron chi connectivity index (χ4n) is 1.69. The third-order valence-electron chi connectivity index (χ3n) is 3.15. The van der Waals surface area contributed by atoms with E-state index < -0.39 is 23.7 Å². The van der Waals surface area contributed by atoms with Gasteiger partial charge in [0.15, 0.2) is 0 Å². The van der Waals surface area contributed by atoms with Crippen LogP contribution in [-0.4, -0.2) is 23.0 Å². The predicted molar refractivity (Wildman–Crippen MR) is 82.2 cm³/mol. The van der Waals surface area contributed by atoms with E-state index in [-0.39, 0.29) is 11.5 Å². The van der Waals surface area contributed by atoms with Gasteiger partial charge in [-0.1, -0.05) is 36.2 Å². The summed E-state index contributed by atoms with van der Waals surface area (Å²) in [4.78, 5) is 22.9. The van der Waals surface area contributed by atoms with Gasteiger partial charge in [-0.05, 0) is 30.2 Å². The molecule has 2 N–H and O–H groups in total. The minimum Gasteiger partial charge on any atom is -0.480 e. The van der Waals surface area contributed by atoms with Crippen LogP contribution < -0.4 is 5.32 Å². The maximum absolute atomic E-state index is 13.5. The molecule has 0 spiro atoms. The van der Waals surface area contributed by atoms with Crippen LogP contribution >= 0.6 is 15.9 Å². The lowest BCUT2D eigenvalue weighted by Crippen LogP contribution is -2.44. The molecule has 0 saturated heterocycles. The molecule has 0 heterocycles. The number of hydrogen-bond acceptors (Lipinski definition) is 2. The van der Waals surface area contributed by atoms with E-state index in [0.717, 1.165) is 6.08 Å². The zero-order valence-corrected chi connectivity index (χ0v) is 13.4. The molecule has 4 nitrogen and oxygen atoms in total. The Hall–Kier alpha value is -1.69. The number of nitrogens with one attached hydrogen (secondary N) is 1. The second-order valence-electron chi connectivity index (χ2n) is 4.71. The summed E-state index contributed by atoms with van der Waals surface area (Å²) in [5.41, 5.74) is 0.245. The molecule has 2 atom stereocenters. The first-order valence-corrected chi connectivity index (χ1v) is 7.30. The molecule has 0 aromatic heterocycles. The van der Waals surface area contributed by atoms with Gasteiger partial charge in [-0.15, -0.1) is 0 Å². The number of carboxylic acids is 1. The Balaban J connectivity index is 2.78. The quantitative estimate of drug-likeness (QED) is 0.768. The van der Waals surface area contributed by atoms with E-state index in [9.17, 15) is 14.0 Å². The van der Waals surface area contributed by atoms with Gasteiger partial charge < -0.3 is 10.4 Å². The smallest absolute Gasteiger partial charge is 0.326 e. The molecule has 1 aromatic rings. The first-order chi connectivity index (χ1) is 9.85. The van der Waals surface area contributed by atoms with Crippen LogP contribution in [-0.2, 0) is 9.59 Å². The van der Waals surface area contributed by atoms with E-state index in [1.165, 1.54) is 18.2 Å². The van der Waals surface area contributed by atoms with Crippen LogP contribution in [0.2, 0.25) is 0 Å². The van der Waals surface area contributed by atoms with E-state index >= 15 is 0 Å². The van der Waals surface area contributed by atoms with Crippen molar-refractivity contribution in [2.75, 3.05) is 0 Å². The van der Waals surface area contributed by atoms with Crippen molar-refractivity contribution in [3.8, 4) is 0 Å². The Morgan fingerprint density at radius 1 is 1.48 bits per heavy atom. The zero-order chi connectivity index (χ0) is 16.0. The molecule has 0 bridgehead atoms. The van der Waals surface area contributed by atoms with Gasteiger partial charge in [-0.3, -0.25) is 4.79 Å². The average molecular weight is 358 g/mol. The third-order valence-corrected chi connectivity index (χ3v) is 3.64. The van der Waals surface area contributed by atoms with Crippen molar-refractivity contribution >= 4 is 33.9 Å². The molecule has 0 radical (unpaired) electrons. The molecule has 114 valence electrons. The van der Waals surface area contributed by atoms with Gasteiger partial charge in [-0.2, -0.15) is 0 Å². The lowest BCUT2D eigenvalue weighted by Gasteiger charge is -2.19. The van der Waals surface area contributed by atoms with Crippen molar-refractivity contribution in [1.82, 2.24) is 5.32 Å². The lowest BCUT2D eigenvalue weighted by atomic mass is 9.99. The first kappa shape index (κ1) is 17.4. The summed E-state index contributed by atoms with van der Waals surface area (Å²) >= 11 is 3.21. The summed E-state index contributed by atoms with van der Waals surface area (Å²) in [6.45, 7) is 3.59. The van der Waals surface area contributed by atoms with Crippen molar-refractivity contribution < 1.29 is 19.1 Å². The van der Waals surface area contributed by atoms with Crippen LogP contribution in [0.4, 0.5) is 4.39 Å². The topological polar surface area (TPSA) is 66.4 Å². The van der Waals surface area contributed by atoms with Gasteiger partial charge >= 0.3 is 5.97 Å². The summed E-state index contributed by atoms with van der Waals surface area (Å²) in [7, 11) is 0. The van der Waals surface area contributed by atoms with E-state index in [4.69, 9.17) is 5.11 Å². The van der Waals surface area contributed by atoms with Crippen molar-refractivity contribution in [3.63, 3.8) is 0 Å². The fourth-order valence-corrected chi connectivity index (χ4v) is 2.07. The SMILES string of the molecule is CCC(C)[C@H](NC(=O)/C=C/c1cc(Br)ccc1F)C(=O)O. The normalized spacial score (nSPS) is 13.9. The number of carbonyl (C=O) groups is 2. The van der Waals surface area contributed by atoms with Gasteiger partial charge in [0.25, 0.3) is 0 Å². The molecule has 6 heteroatoms. The minimum atomic E-state index is -1.08. The second kappa shape index (κ2) is 7.93. The van der Waals surface area contributed by atoms with Gasteiger partial charge in [-0.25, -0.2) is 9.18 Å². The first-order valence-electron chi connectivity index (χ1n) is 6.51. The van der Waals surface area contributed by atoms with Gasteiger partial charge in [0, 0.05) is 16.1 Å². The third kappa shape index (κ3) is 5.30. The molecule has 0 aliphatic heterocycles. The number of benzene rings is 1. The number of amides is 1. The van der Waals surface area contributed by atoms with Crippen LogP contribution in [0.25, 0.3) is 6.08 Å². The van der Waals surface area contributed by atoms with Gasteiger partial charge in [0.05, 0.1) is 0 Å². The Labute approximate surface area is 131 Å². The maximum Gasteiger partial charge on any atom is 0.326 e. The summed E-state index contributed by atoms with van der Waals surface area (Å²) in [5, 5.41) is 11.5. The van der Waals surface area contributed by atoms with Crippen LogP contribution in [0, 0.1) is 11.7 Å². The molecule has 0 fully saturated rings. The van der Waals surface area contributed by atoms with Crippen molar-refractivity contribution in [2.24, 2.45) is 5.92 Å². The standard InChI is InChI=1S/C15H17BrFNO3/c1-3-9(2)14(15(20)21)18-13(19)7-4-10-8-11(16)5-6-12(10)17/h4-9,14H,3H2,1-2H3,(H,18,19)(H,20,21)/b7-4+/t9?,14-/m0/s1. The van der Waals surface area contributed by atoms with Crippen LogP contribution in [0.1, 0.15) is 25.8 Å². The van der Waals surface area contributed by atoms with E-state index in [1.54, 1.807) is 13.0 Å². The monoisotopic (exact) mass is 357 g/mol. The largest absolute Gasteiger partial charge is 0.480 e. The summed E-state index contributed by atoms with van der Waals surface area (Å²) in [5.74, 6) is -2.30. The number of aliphatic carboxylic acids is 1. The van der Waals surface area contributed by atoms with E-state index in [2.05, 4.69) is 21.2 Å². The fraction of sp³-hybridized carbons (Fsp3) is 0.333. The molecule has 1 unspecified atom stereocenters. The molecule has 1 amide bonds. The summed E-state index contributed by atoms with van der Waals surface area (Å²) < 4.78 is 14.2. The molecule has 1 rings (SSSR count). The molecule has 0 aliphatic rings. The second-order valence-corrected chi connectivity index (χ2v) is 5.62. The summed E-state index contributed by atoms with van der Waals surface area (Å²) in [6, 6.07) is 3.40. The Morgan fingerprint density at radius 2 is 2.14 bits per heavy atom. The highest BCUT2D eigenvalue weighted by Gasteiger charge is 2.24. The number of carboxylic acid groups (broad SMARTS) is 1. The molecule has 0 aliphatic carbocycles. The number of carbonyl (C=O) groups excluding carboxylic acids is 1. The number of hydrogen-bond donors (Lipinski definition) is 2. The van der Waals surface area contributed by atoms with Crippen molar-refractivity contribution in [3.05, 3.63) is 40.1 Å². The minimum absolute atomic E-state index is 0.192. The Morgan fingerprint density at radius 3 is 2.71 bits per heavy atom. The highest BCUT2D eigenvalue weighted by atomic mass is 79.9. The van der Waals surface area contributed by atoms with Crippen molar-refractivity contribution in [1.29, 1.82) is 0 Å². The molecular formula is C15H17BrFNO3. The Bertz CT molecular complexity index is 560. The highest BCUT2D eigenvalue weighted by Crippen LogP contribution is 2.16. The lowest BCUT2D eigenvalue weighted by molar-refractivity contribution is -0.142. The Kier molecular flexibility index (Phi) is 6.55. The maximum atomic E-state index is 13.5. The van der Waals surface area contributed by atoms with Crippen LogP contribution in [0.3, 0.4) is 0 Å². The number of rotatable bonds is 6. The molecule has 21 heavy (non-hydrogen) atoms. The zero-order valence-electron chi connectivity index (χ0n) is 11.8. The van der Waals surface area contributed by atoms with Gasteiger partial charge in [0.2, 0.25) is 5.91 Å².